The summed E-state index contributed by atoms with van der Waals surface area (Å²) in [7, 11) is -1.86. The van der Waals surface area contributed by atoms with Crippen molar-refractivity contribution in [2.24, 2.45) is 0 Å². The Bertz CT molecular complexity index is 1740. The normalized spacial score (nSPS) is 21.6. The number of fused-ring (bicyclic) bond motifs is 2. The number of piperazine rings is 1. The molecule has 0 radical (unpaired) electrons. The van der Waals surface area contributed by atoms with Gasteiger partial charge in [-0.15, -0.1) is 0 Å². The first-order chi connectivity index (χ1) is 20.7. The molecule has 11 nitrogen and oxygen atoms in total. The number of carbonyl (C=O) groups excluding carboxylic acids is 1. The van der Waals surface area contributed by atoms with Crippen LogP contribution in [0.15, 0.2) is 54.9 Å². The van der Waals surface area contributed by atoms with Crippen LogP contribution in [0.25, 0.3) is 15.6 Å². The van der Waals surface area contributed by atoms with Crippen LogP contribution in [-0.4, -0.2) is 92.6 Å². The molecule has 43 heavy (non-hydrogen) atoms. The van der Waals surface area contributed by atoms with Gasteiger partial charge in [-0.2, -0.15) is 9.97 Å². The van der Waals surface area contributed by atoms with E-state index in [0.29, 0.717) is 23.7 Å². The summed E-state index contributed by atoms with van der Waals surface area (Å²) in [6.07, 6.45) is 2.03. The molecule has 13 heteroatoms. The average Bonchev–Trinajstić information content (AvgIpc) is 3.53. The van der Waals surface area contributed by atoms with Crippen LogP contribution in [0, 0.1) is 6.57 Å². The number of benzene rings is 2. The maximum atomic E-state index is 13.9. The van der Waals surface area contributed by atoms with Gasteiger partial charge in [-0.1, -0.05) is 43.0 Å². The highest BCUT2D eigenvalue weighted by molar-refractivity contribution is 7.92. The van der Waals surface area contributed by atoms with Crippen molar-refractivity contribution >= 4 is 44.0 Å². The summed E-state index contributed by atoms with van der Waals surface area (Å²) in [6, 6.07) is 12.6. The van der Waals surface area contributed by atoms with Crippen molar-refractivity contribution in [2.45, 2.75) is 30.7 Å². The monoisotopic (exact) mass is 605 g/mol. The number of aromatic nitrogens is 2. The van der Waals surface area contributed by atoms with E-state index in [-0.39, 0.29) is 49.8 Å². The molecule has 4 heterocycles. The second-order valence-electron chi connectivity index (χ2n) is 11.1. The summed E-state index contributed by atoms with van der Waals surface area (Å²) in [5.41, 5.74) is 0.889. The SMILES string of the molecule is [C-]#[N+]C[C@H]1CN(c2nc(OC[C@@H]3CCCN3C)nc3c2CS(=O)(=O)N3c2cccc3ccccc23)CCN1C(=O)C(=C)F. The average molecular weight is 606 g/mol. The number of ether oxygens (including phenoxy) is 1. The molecule has 0 bridgehead atoms. The Morgan fingerprint density at radius 2 is 1.88 bits per heavy atom. The van der Waals surface area contributed by atoms with Crippen LogP contribution < -0.4 is 13.9 Å². The van der Waals surface area contributed by atoms with Gasteiger partial charge in [0.05, 0.1) is 11.3 Å². The van der Waals surface area contributed by atoms with E-state index < -0.39 is 27.8 Å². The molecule has 2 aromatic carbocycles. The predicted molar refractivity (Wildman–Crippen MR) is 161 cm³/mol. The highest BCUT2D eigenvalue weighted by Crippen LogP contribution is 2.45. The fourth-order valence-electron chi connectivity index (χ4n) is 6.19. The first kappa shape index (κ1) is 28.8. The van der Waals surface area contributed by atoms with Gasteiger partial charge in [0.15, 0.2) is 11.6 Å². The molecule has 2 saturated heterocycles. The van der Waals surface area contributed by atoms with Crippen molar-refractivity contribution < 1.29 is 22.3 Å². The van der Waals surface area contributed by atoms with Crippen LogP contribution in [0.2, 0.25) is 0 Å². The van der Waals surface area contributed by atoms with Gasteiger partial charge in [-0.3, -0.25) is 4.79 Å². The first-order valence-electron chi connectivity index (χ1n) is 14.2. The Morgan fingerprint density at radius 1 is 1.12 bits per heavy atom. The fourth-order valence-corrected chi connectivity index (χ4v) is 7.81. The zero-order chi connectivity index (χ0) is 30.3. The summed E-state index contributed by atoms with van der Waals surface area (Å²) in [6.45, 7) is 12.3. The Labute approximate surface area is 250 Å². The summed E-state index contributed by atoms with van der Waals surface area (Å²) in [5.74, 6) is -1.69. The molecule has 224 valence electrons. The second-order valence-corrected chi connectivity index (χ2v) is 12.9. The third kappa shape index (κ3) is 5.36. The van der Waals surface area contributed by atoms with Gasteiger partial charge in [0.25, 0.3) is 5.91 Å². The third-order valence-corrected chi connectivity index (χ3v) is 9.96. The van der Waals surface area contributed by atoms with Gasteiger partial charge in [-0.05, 0) is 37.9 Å². The van der Waals surface area contributed by atoms with E-state index in [0.717, 1.165) is 30.2 Å². The Balaban J connectivity index is 1.44. The molecule has 1 aromatic heterocycles. The molecule has 0 aliphatic carbocycles. The highest BCUT2D eigenvalue weighted by Gasteiger charge is 2.43. The Morgan fingerprint density at radius 3 is 2.63 bits per heavy atom. The largest absolute Gasteiger partial charge is 0.462 e. The highest BCUT2D eigenvalue weighted by atomic mass is 32.2. The summed E-state index contributed by atoms with van der Waals surface area (Å²) < 4.78 is 48.9. The van der Waals surface area contributed by atoms with E-state index in [1.54, 1.807) is 6.07 Å². The molecular weight excluding hydrogens is 573 g/mol. The van der Waals surface area contributed by atoms with Crippen LogP contribution in [-0.2, 0) is 20.6 Å². The topological polar surface area (TPSA) is 104 Å². The van der Waals surface area contributed by atoms with Crippen molar-refractivity contribution in [2.75, 3.05) is 55.6 Å². The van der Waals surface area contributed by atoms with Crippen LogP contribution >= 0.6 is 0 Å². The summed E-state index contributed by atoms with van der Waals surface area (Å²) in [5, 5.41) is 1.64. The number of likely N-dealkylation sites (tertiary alicyclic amines) is 1. The quantitative estimate of drug-likeness (QED) is 0.298. The van der Waals surface area contributed by atoms with E-state index in [2.05, 4.69) is 21.3 Å². The number of amides is 1. The van der Waals surface area contributed by atoms with Crippen molar-refractivity contribution in [3.05, 3.63) is 71.9 Å². The third-order valence-electron chi connectivity index (χ3n) is 8.38. The van der Waals surface area contributed by atoms with Gasteiger partial charge < -0.3 is 24.3 Å². The van der Waals surface area contributed by atoms with Crippen molar-refractivity contribution in [1.29, 1.82) is 0 Å². The predicted octanol–water partition coefficient (Wildman–Crippen LogP) is 3.50. The number of likely N-dealkylation sites (N-methyl/N-ethyl adjacent to an activating group) is 1. The molecule has 0 saturated carbocycles. The standard InChI is InChI=1S/C30H32FN7O4S/c1-20(31)29(39)37-15-14-36(17-23(37)16-32-2)27-25-19-43(40,41)38(26-12-6-9-21-8-4-5-11-24(21)26)28(25)34-30(33-27)42-18-22-10-7-13-35(22)3/h4-6,8-9,11-12,22-23H,1,7,10,13-19H2,3H3/t22-,23-/m0/s1. The van der Waals surface area contributed by atoms with E-state index in [1.807, 2.05) is 48.3 Å². The van der Waals surface area contributed by atoms with Gasteiger partial charge in [0.2, 0.25) is 16.6 Å². The van der Waals surface area contributed by atoms with E-state index >= 15 is 0 Å². The molecule has 0 spiro atoms. The summed E-state index contributed by atoms with van der Waals surface area (Å²) in [4.78, 5) is 30.7. The molecule has 0 N–H and O–H groups in total. The second kappa shape index (κ2) is 11.4. The number of sulfonamides is 1. The lowest BCUT2D eigenvalue weighted by Gasteiger charge is -2.40. The number of carbonyl (C=O) groups is 1. The Kier molecular flexibility index (Phi) is 7.66. The smallest absolute Gasteiger partial charge is 0.320 e. The van der Waals surface area contributed by atoms with Crippen LogP contribution in [0.3, 0.4) is 0 Å². The first-order valence-corrected chi connectivity index (χ1v) is 15.8. The van der Waals surface area contributed by atoms with E-state index in [9.17, 15) is 17.6 Å². The van der Waals surface area contributed by atoms with Crippen LogP contribution in [0.1, 0.15) is 18.4 Å². The van der Waals surface area contributed by atoms with Gasteiger partial charge in [0, 0.05) is 31.1 Å². The molecule has 3 aliphatic heterocycles. The molecule has 2 fully saturated rings. The molecule has 1 amide bonds. The maximum absolute atomic E-state index is 13.9. The van der Waals surface area contributed by atoms with Crippen molar-refractivity contribution in [1.82, 2.24) is 19.8 Å². The minimum atomic E-state index is -3.90. The van der Waals surface area contributed by atoms with Crippen LogP contribution in [0.4, 0.5) is 21.7 Å². The molecule has 0 unspecified atom stereocenters. The van der Waals surface area contributed by atoms with Gasteiger partial charge >= 0.3 is 6.01 Å². The van der Waals surface area contributed by atoms with Crippen molar-refractivity contribution in [3.8, 4) is 6.01 Å². The molecule has 2 atom stereocenters. The fraction of sp³-hybridized carbons (Fsp3) is 0.400. The van der Waals surface area contributed by atoms with Crippen molar-refractivity contribution in [3.63, 3.8) is 0 Å². The Hall–Kier alpha value is -4.28. The van der Waals surface area contributed by atoms with Gasteiger partial charge in [0.1, 0.15) is 24.2 Å². The number of halogens is 1. The molecular formula is C30H32FN7O4S. The lowest BCUT2D eigenvalue weighted by Crippen LogP contribution is -2.56. The number of rotatable bonds is 7. The molecule has 3 aliphatic rings. The lowest BCUT2D eigenvalue weighted by molar-refractivity contribution is -0.131. The van der Waals surface area contributed by atoms with Gasteiger partial charge in [-0.25, -0.2) is 23.7 Å². The zero-order valence-corrected chi connectivity index (χ0v) is 24.6. The molecule has 3 aromatic rings. The lowest BCUT2D eigenvalue weighted by atomic mass is 10.1. The number of anilines is 3. The van der Waals surface area contributed by atoms with E-state index in [4.69, 9.17) is 16.3 Å². The minimum absolute atomic E-state index is 0.0498. The zero-order valence-electron chi connectivity index (χ0n) is 23.8. The summed E-state index contributed by atoms with van der Waals surface area (Å²) >= 11 is 0. The number of hydrogen-bond donors (Lipinski definition) is 0. The maximum Gasteiger partial charge on any atom is 0.320 e. The number of nitrogens with zero attached hydrogens (tertiary/aromatic N) is 7. The van der Waals surface area contributed by atoms with Crippen LogP contribution in [0.5, 0.6) is 6.01 Å². The minimum Gasteiger partial charge on any atom is -0.462 e. The molecule has 6 rings (SSSR count). The number of hydrogen-bond acceptors (Lipinski definition) is 8. The van der Waals surface area contributed by atoms with E-state index in [1.165, 1.54) is 9.21 Å².